The molecule has 0 N–H and O–H groups in total. The number of amides is 2. The molecule has 1 aliphatic heterocycles. The summed E-state index contributed by atoms with van der Waals surface area (Å²) in [6, 6.07) is 7.93. The Morgan fingerprint density at radius 3 is 2.59 bits per heavy atom. The number of fused-ring (bicyclic) bond motifs is 1. The molecule has 0 unspecified atom stereocenters. The summed E-state index contributed by atoms with van der Waals surface area (Å²) in [6.45, 7) is 7.51. The first-order valence-electron chi connectivity index (χ1n) is 11.5. The molecule has 2 amide bonds. The minimum absolute atomic E-state index is 0.0246. The van der Waals surface area contributed by atoms with E-state index in [1.54, 1.807) is 16.2 Å². The molecule has 7 heteroatoms. The molecule has 1 fully saturated rings. The number of benzene rings is 1. The van der Waals surface area contributed by atoms with Crippen LogP contribution in [0.1, 0.15) is 55.5 Å². The molecule has 1 aromatic carbocycles. The maximum atomic E-state index is 13.6. The summed E-state index contributed by atoms with van der Waals surface area (Å²) in [4.78, 5) is 31.5. The van der Waals surface area contributed by atoms with E-state index in [0.29, 0.717) is 18.8 Å². The number of thiophene rings is 1. The van der Waals surface area contributed by atoms with E-state index in [1.165, 1.54) is 10.4 Å². The van der Waals surface area contributed by atoms with Gasteiger partial charge in [-0.1, -0.05) is 19.4 Å². The maximum Gasteiger partial charge on any atom is 0.242 e. The molecule has 6 nitrogen and oxygen atoms in total. The number of nitrogens with zero attached hydrogens (tertiary/aromatic N) is 2. The van der Waals surface area contributed by atoms with Gasteiger partial charge in [-0.05, 0) is 67.8 Å². The highest BCUT2D eigenvalue weighted by Gasteiger charge is 2.33. The van der Waals surface area contributed by atoms with Crippen molar-refractivity contribution in [1.82, 2.24) is 9.80 Å². The van der Waals surface area contributed by atoms with Crippen LogP contribution in [0.3, 0.4) is 0 Å². The zero-order chi connectivity index (χ0) is 22.7. The van der Waals surface area contributed by atoms with E-state index >= 15 is 0 Å². The van der Waals surface area contributed by atoms with Crippen LogP contribution in [0.15, 0.2) is 29.6 Å². The highest BCUT2D eigenvalue weighted by molar-refractivity contribution is 7.10. The van der Waals surface area contributed by atoms with Crippen LogP contribution in [0.2, 0.25) is 0 Å². The average Bonchev–Trinajstić information content (AvgIpc) is 3.37. The van der Waals surface area contributed by atoms with Gasteiger partial charge in [0.25, 0.3) is 0 Å². The number of aryl methyl sites for hydroxylation is 1. The first-order chi connectivity index (χ1) is 15.5. The predicted molar refractivity (Wildman–Crippen MR) is 125 cm³/mol. The molecule has 2 aliphatic rings. The van der Waals surface area contributed by atoms with Crippen molar-refractivity contribution in [3.63, 3.8) is 0 Å². The van der Waals surface area contributed by atoms with Gasteiger partial charge in [0.2, 0.25) is 18.6 Å². The first-order valence-corrected chi connectivity index (χ1v) is 12.3. The average molecular weight is 457 g/mol. The number of hydrogen-bond donors (Lipinski definition) is 0. The van der Waals surface area contributed by atoms with E-state index in [1.807, 2.05) is 30.0 Å². The Bertz CT molecular complexity index is 969. The van der Waals surface area contributed by atoms with Gasteiger partial charge in [0.15, 0.2) is 11.5 Å². The quantitative estimate of drug-likeness (QED) is 0.547. The lowest BCUT2D eigenvalue weighted by molar-refractivity contribution is -0.147. The lowest BCUT2D eigenvalue weighted by Crippen LogP contribution is -2.49. The molecule has 1 aliphatic carbocycles. The molecule has 0 radical (unpaired) electrons. The topological polar surface area (TPSA) is 59.1 Å². The van der Waals surface area contributed by atoms with Crippen molar-refractivity contribution in [2.75, 3.05) is 13.3 Å². The van der Waals surface area contributed by atoms with Crippen LogP contribution in [0.25, 0.3) is 0 Å². The molecule has 2 aromatic rings. The molecule has 1 saturated carbocycles. The number of ether oxygens (including phenoxy) is 2. The highest BCUT2D eigenvalue weighted by Crippen LogP contribution is 2.33. The summed E-state index contributed by atoms with van der Waals surface area (Å²) in [5.74, 6) is 1.63. The van der Waals surface area contributed by atoms with E-state index in [0.717, 1.165) is 37.0 Å². The van der Waals surface area contributed by atoms with Crippen molar-refractivity contribution >= 4 is 23.2 Å². The summed E-state index contributed by atoms with van der Waals surface area (Å²) in [7, 11) is 0. The predicted octanol–water partition coefficient (Wildman–Crippen LogP) is 4.74. The molecule has 32 heavy (non-hydrogen) atoms. The summed E-state index contributed by atoms with van der Waals surface area (Å²) in [6.07, 6.45) is 3.81. The lowest BCUT2D eigenvalue weighted by atomic mass is 9.84. The first kappa shape index (κ1) is 22.6. The maximum absolute atomic E-state index is 13.6. The van der Waals surface area contributed by atoms with Gasteiger partial charge in [0, 0.05) is 23.4 Å². The fourth-order valence-corrected chi connectivity index (χ4v) is 4.96. The van der Waals surface area contributed by atoms with Crippen molar-refractivity contribution in [3.05, 3.63) is 45.6 Å². The summed E-state index contributed by atoms with van der Waals surface area (Å²) < 4.78 is 10.9. The molecule has 1 aromatic heterocycles. The fraction of sp³-hybridized carbons (Fsp3) is 0.520. The Balaban J connectivity index is 1.54. The molecule has 0 saturated heterocycles. The van der Waals surface area contributed by atoms with Gasteiger partial charge < -0.3 is 19.3 Å². The van der Waals surface area contributed by atoms with Crippen LogP contribution in [0.4, 0.5) is 0 Å². The van der Waals surface area contributed by atoms with E-state index in [4.69, 9.17) is 9.47 Å². The molecule has 1 atom stereocenters. The van der Waals surface area contributed by atoms with Crippen LogP contribution in [-0.4, -0.2) is 41.0 Å². The third-order valence-corrected chi connectivity index (χ3v) is 7.64. The number of rotatable bonds is 9. The van der Waals surface area contributed by atoms with Crippen molar-refractivity contribution < 1.29 is 19.1 Å². The zero-order valence-corrected chi connectivity index (χ0v) is 20.0. The van der Waals surface area contributed by atoms with Gasteiger partial charge in [-0.2, -0.15) is 0 Å². The lowest BCUT2D eigenvalue weighted by Gasteiger charge is -2.36. The van der Waals surface area contributed by atoms with Gasteiger partial charge >= 0.3 is 0 Å². The highest BCUT2D eigenvalue weighted by atomic mass is 32.1. The molecular weight excluding hydrogens is 424 g/mol. The molecule has 172 valence electrons. The second-order valence-electron chi connectivity index (χ2n) is 8.82. The smallest absolute Gasteiger partial charge is 0.242 e. The summed E-state index contributed by atoms with van der Waals surface area (Å²) >= 11 is 1.66. The van der Waals surface area contributed by atoms with Gasteiger partial charge in [0.1, 0.15) is 6.54 Å². The Morgan fingerprint density at radius 2 is 1.94 bits per heavy atom. The summed E-state index contributed by atoms with van der Waals surface area (Å²) in [5, 5.41) is 2.06. The minimum atomic E-state index is -0.0246. The van der Waals surface area contributed by atoms with Crippen LogP contribution < -0.4 is 9.47 Å². The Labute approximate surface area is 194 Å². The Kier molecular flexibility index (Phi) is 7.04. The minimum Gasteiger partial charge on any atom is -0.454 e. The van der Waals surface area contributed by atoms with E-state index in [2.05, 4.69) is 25.3 Å². The van der Waals surface area contributed by atoms with Crippen molar-refractivity contribution in [3.8, 4) is 11.5 Å². The van der Waals surface area contributed by atoms with E-state index in [-0.39, 0.29) is 37.1 Å². The largest absolute Gasteiger partial charge is 0.454 e. The normalized spacial score (nSPS) is 15.8. The molecular formula is C25H32N2O4S. The summed E-state index contributed by atoms with van der Waals surface area (Å²) in [5.41, 5.74) is 2.17. The van der Waals surface area contributed by atoms with Crippen molar-refractivity contribution in [2.24, 2.45) is 5.92 Å². The van der Waals surface area contributed by atoms with Crippen LogP contribution in [0.5, 0.6) is 11.5 Å². The Morgan fingerprint density at radius 1 is 1.16 bits per heavy atom. The fourth-order valence-electron chi connectivity index (χ4n) is 4.04. The van der Waals surface area contributed by atoms with E-state index < -0.39 is 0 Å². The van der Waals surface area contributed by atoms with Crippen LogP contribution in [-0.2, 0) is 22.7 Å². The number of carbonyl (C=O) groups is 2. The van der Waals surface area contributed by atoms with Gasteiger partial charge in [-0.25, -0.2) is 0 Å². The number of carbonyl (C=O) groups excluding carboxylic acids is 2. The third kappa shape index (κ3) is 4.93. The van der Waals surface area contributed by atoms with Crippen molar-refractivity contribution in [1.29, 1.82) is 0 Å². The van der Waals surface area contributed by atoms with E-state index in [9.17, 15) is 9.59 Å². The van der Waals surface area contributed by atoms with Gasteiger partial charge in [0.05, 0.1) is 6.54 Å². The standard InChI is InChI=1S/C25H32N2O4S/c1-4-18(3)27(25(29)20-6-5-7-20)15-24(28)26(14-23-17(2)10-11-32-23)13-19-8-9-21-22(12-19)31-16-30-21/h8-12,18,20H,4-7,13-16H2,1-3H3/t18-/m1/s1. The number of hydrogen-bond acceptors (Lipinski definition) is 5. The third-order valence-electron chi connectivity index (χ3n) is 6.63. The zero-order valence-electron chi connectivity index (χ0n) is 19.1. The van der Waals surface area contributed by atoms with Gasteiger partial charge in [-0.3, -0.25) is 9.59 Å². The SMILES string of the molecule is CC[C@@H](C)N(CC(=O)N(Cc1ccc2c(c1)OCO2)Cc1sccc1C)C(=O)C1CCC1. The molecule has 0 bridgehead atoms. The van der Waals surface area contributed by atoms with Gasteiger partial charge in [-0.15, -0.1) is 11.3 Å². The monoisotopic (exact) mass is 456 g/mol. The Hall–Kier alpha value is -2.54. The van der Waals surface area contributed by atoms with Crippen LogP contribution in [0, 0.1) is 12.8 Å². The molecule has 0 spiro atoms. The molecule has 4 rings (SSSR count). The second kappa shape index (κ2) is 9.94. The second-order valence-corrected chi connectivity index (χ2v) is 9.82. The van der Waals surface area contributed by atoms with Crippen molar-refractivity contribution in [2.45, 2.75) is 65.6 Å². The van der Waals surface area contributed by atoms with Crippen LogP contribution >= 0.6 is 11.3 Å². The molecule has 2 heterocycles.